The number of likely N-dealkylation sites (tertiary alicyclic amines) is 1. The molecule has 7 heteroatoms. The van der Waals surface area contributed by atoms with E-state index in [1.165, 1.54) is 24.7 Å². The van der Waals surface area contributed by atoms with Gasteiger partial charge in [-0.25, -0.2) is 14.4 Å². The molecular formula is C18H16FN3O3. The lowest BCUT2D eigenvalue weighted by molar-refractivity contribution is 0.0682. The van der Waals surface area contributed by atoms with Crippen molar-refractivity contribution in [2.75, 3.05) is 6.54 Å². The number of carbonyl (C=O) groups excluding carboxylic acids is 1. The summed E-state index contributed by atoms with van der Waals surface area (Å²) in [6.45, 7) is 0.617. The Morgan fingerprint density at radius 3 is 3.08 bits per heavy atom. The fraction of sp³-hybridized carbons (Fsp3) is 0.278. The lowest BCUT2D eigenvalue weighted by Crippen LogP contribution is -2.30. The molecule has 1 aliphatic rings. The minimum Gasteiger partial charge on any atom is -0.443 e. The summed E-state index contributed by atoms with van der Waals surface area (Å²) < 4.78 is 24.2. The van der Waals surface area contributed by atoms with E-state index in [1.807, 2.05) is 6.07 Å². The molecule has 3 heterocycles. The van der Waals surface area contributed by atoms with E-state index in [4.69, 9.17) is 8.83 Å². The van der Waals surface area contributed by atoms with E-state index in [9.17, 15) is 9.18 Å². The highest BCUT2D eigenvalue weighted by molar-refractivity contribution is 5.91. The van der Waals surface area contributed by atoms with Gasteiger partial charge in [-0.1, -0.05) is 12.1 Å². The van der Waals surface area contributed by atoms with Crippen LogP contribution in [0.4, 0.5) is 4.39 Å². The maximum atomic E-state index is 13.3. The Morgan fingerprint density at radius 1 is 1.36 bits per heavy atom. The molecule has 1 fully saturated rings. The fourth-order valence-electron chi connectivity index (χ4n) is 3.14. The van der Waals surface area contributed by atoms with Crippen molar-refractivity contribution in [3.8, 4) is 0 Å². The predicted molar refractivity (Wildman–Crippen MR) is 85.2 cm³/mol. The van der Waals surface area contributed by atoms with Crippen LogP contribution in [0.1, 0.15) is 46.7 Å². The molecule has 0 saturated carbocycles. The van der Waals surface area contributed by atoms with Crippen LogP contribution in [-0.2, 0) is 6.42 Å². The summed E-state index contributed by atoms with van der Waals surface area (Å²) in [6.07, 6.45) is 6.37. The van der Waals surface area contributed by atoms with Gasteiger partial charge < -0.3 is 13.7 Å². The lowest BCUT2D eigenvalue weighted by atomic mass is 10.1. The van der Waals surface area contributed by atoms with Gasteiger partial charge in [0, 0.05) is 13.0 Å². The molecule has 1 saturated heterocycles. The summed E-state index contributed by atoms with van der Waals surface area (Å²) in [5, 5.41) is 0. The largest absolute Gasteiger partial charge is 0.443 e. The van der Waals surface area contributed by atoms with Gasteiger partial charge in [0.1, 0.15) is 17.6 Å². The molecule has 0 radical (unpaired) electrons. The van der Waals surface area contributed by atoms with E-state index < -0.39 is 0 Å². The number of oxazole rings is 2. The molecule has 1 atom stereocenters. The molecule has 2 aromatic heterocycles. The Balaban J connectivity index is 1.52. The van der Waals surface area contributed by atoms with Gasteiger partial charge in [-0.2, -0.15) is 0 Å². The van der Waals surface area contributed by atoms with Crippen LogP contribution in [0.15, 0.2) is 51.9 Å². The lowest BCUT2D eigenvalue weighted by Gasteiger charge is -2.20. The smallest absolute Gasteiger partial charge is 0.291 e. The second-order valence-corrected chi connectivity index (χ2v) is 5.99. The molecule has 1 aromatic carbocycles. The van der Waals surface area contributed by atoms with Crippen molar-refractivity contribution in [1.82, 2.24) is 14.9 Å². The molecule has 0 spiro atoms. The van der Waals surface area contributed by atoms with Crippen LogP contribution in [0.25, 0.3) is 0 Å². The van der Waals surface area contributed by atoms with Crippen LogP contribution in [0.5, 0.6) is 0 Å². The topological polar surface area (TPSA) is 72.4 Å². The number of hydrogen-bond donors (Lipinski definition) is 0. The van der Waals surface area contributed by atoms with E-state index in [2.05, 4.69) is 9.97 Å². The first-order chi connectivity index (χ1) is 12.2. The number of aromatic nitrogens is 2. The minimum absolute atomic E-state index is 0.207. The number of rotatable bonds is 4. The molecule has 0 N–H and O–H groups in total. The molecular weight excluding hydrogens is 325 g/mol. The first-order valence-electron chi connectivity index (χ1n) is 8.09. The van der Waals surface area contributed by atoms with Crippen LogP contribution >= 0.6 is 0 Å². The van der Waals surface area contributed by atoms with Gasteiger partial charge in [-0.15, -0.1) is 0 Å². The van der Waals surface area contributed by atoms with E-state index in [0.29, 0.717) is 24.6 Å². The molecule has 3 aromatic rings. The van der Waals surface area contributed by atoms with E-state index >= 15 is 0 Å². The van der Waals surface area contributed by atoms with Crippen molar-refractivity contribution in [1.29, 1.82) is 0 Å². The summed E-state index contributed by atoms with van der Waals surface area (Å²) in [4.78, 5) is 22.3. The number of hydrogen-bond acceptors (Lipinski definition) is 5. The second kappa shape index (κ2) is 6.51. The zero-order valence-corrected chi connectivity index (χ0v) is 13.4. The normalized spacial score (nSPS) is 17.2. The molecule has 0 aliphatic carbocycles. The van der Waals surface area contributed by atoms with Crippen molar-refractivity contribution < 1.29 is 18.0 Å². The monoisotopic (exact) mass is 341 g/mol. The fourth-order valence-corrected chi connectivity index (χ4v) is 3.14. The summed E-state index contributed by atoms with van der Waals surface area (Å²) >= 11 is 0. The van der Waals surface area contributed by atoms with Gasteiger partial charge in [0.05, 0.1) is 12.4 Å². The molecule has 0 unspecified atom stereocenters. The van der Waals surface area contributed by atoms with Gasteiger partial charge in [0.2, 0.25) is 11.7 Å². The molecule has 25 heavy (non-hydrogen) atoms. The molecule has 1 amide bonds. The van der Waals surface area contributed by atoms with E-state index in [-0.39, 0.29) is 23.5 Å². The van der Waals surface area contributed by atoms with Gasteiger partial charge in [0.15, 0.2) is 6.39 Å². The number of nitrogens with zero attached hydrogens (tertiary/aromatic N) is 3. The van der Waals surface area contributed by atoms with Gasteiger partial charge in [-0.3, -0.25) is 4.79 Å². The first-order valence-corrected chi connectivity index (χ1v) is 8.09. The predicted octanol–water partition coefficient (Wildman–Crippen LogP) is 3.37. The third kappa shape index (κ3) is 3.17. The SMILES string of the molecule is O=C(c1cnco1)N1CCC[C@@H]1c1ncc(Cc2cccc(F)c2)o1. The van der Waals surface area contributed by atoms with Crippen molar-refractivity contribution in [3.63, 3.8) is 0 Å². The third-order valence-electron chi connectivity index (χ3n) is 4.28. The van der Waals surface area contributed by atoms with Gasteiger partial charge in [0.25, 0.3) is 5.91 Å². The van der Waals surface area contributed by atoms with E-state index in [0.717, 1.165) is 18.4 Å². The highest BCUT2D eigenvalue weighted by Gasteiger charge is 2.35. The summed E-state index contributed by atoms with van der Waals surface area (Å²) in [5.41, 5.74) is 0.809. The third-order valence-corrected chi connectivity index (χ3v) is 4.28. The van der Waals surface area contributed by atoms with Crippen LogP contribution in [0, 0.1) is 5.82 Å². The zero-order valence-electron chi connectivity index (χ0n) is 13.4. The average molecular weight is 341 g/mol. The quantitative estimate of drug-likeness (QED) is 0.727. The molecule has 6 nitrogen and oxygen atoms in total. The number of benzene rings is 1. The van der Waals surface area contributed by atoms with Crippen LogP contribution < -0.4 is 0 Å². The van der Waals surface area contributed by atoms with Crippen molar-refractivity contribution >= 4 is 5.91 Å². The number of amides is 1. The van der Waals surface area contributed by atoms with E-state index in [1.54, 1.807) is 17.2 Å². The minimum atomic E-state index is -0.281. The molecule has 0 bridgehead atoms. The Labute approximate surface area is 143 Å². The molecule has 4 rings (SSSR count). The number of carbonyl (C=O) groups is 1. The van der Waals surface area contributed by atoms with Crippen LogP contribution in [0.2, 0.25) is 0 Å². The zero-order chi connectivity index (χ0) is 17.2. The van der Waals surface area contributed by atoms with Crippen molar-refractivity contribution in [2.45, 2.75) is 25.3 Å². The molecule has 128 valence electrons. The Hall–Kier alpha value is -2.96. The maximum absolute atomic E-state index is 13.3. The summed E-state index contributed by atoms with van der Waals surface area (Å²) in [6, 6.07) is 6.15. The van der Waals surface area contributed by atoms with Crippen LogP contribution in [-0.4, -0.2) is 27.3 Å². The Kier molecular flexibility index (Phi) is 4.05. The van der Waals surface area contributed by atoms with Gasteiger partial charge in [-0.05, 0) is 30.5 Å². The van der Waals surface area contributed by atoms with Crippen molar-refractivity contribution in [3.05, 3.63) is 71.8 Å². The first kappa shape index (κ1) is 15.6. The maximum Gasteiger partial charge on any atom is 0.291 e. The standard InChI is InChI=1S/C18H16FN3O3/c19-13-4-1-3-12(7-13)8-14-9-21-17(25-14)15-5-2-6-22(15)18(23)16-10-20-11-24-16/h1,3-4,7,9-11,15H,2,5-6,8H2/t15-/m1/s1. The van der Waals surface area contributed by atoms with Crippen LogP contribution in [0.3, 0.4) is 0 Å². The average Bonchev–Trinajstić information content (AvgIpc) is 3.35. The van der Waals surface area contributed by atoms with Gasteiger partial charge >= 0.3 is 0 Å². The Morgan fingerprint density at radius 2 is 2.28 bits per heavy atom. The Bertz CT molecular complexity index is 875. The highest BCUT2D eigenvalue weighted by Crippen LogP contribution is 2.33. The number of halogens is 1. The molecule has 1 aliphatic heterocycles. The van der Waals surface area contributed by atoms with Crippen molar-refractivity contribution in [2.24, 2.45) is 0 Å². The summed E-state index contributed by atoms with van der Waals surface area (Å²) in [7, 11) is 0. The summed E-state index contributed by atoms with van der Waals surface area (Å²) in [5.74, 6) is 0.844. The second-order valence-electron chi connectivity index (χ2n) is 5.99. The highest BCUT2D eigenvalue weighted by atomic mass is 19.1.